The molecule has 0 aliphatic heterocycles. The van der Waals surface area contributed by atoms with Gasteiger partial charge in [0.15, 0.2) is 0 Å². The molecule has 2 heteroatoms. The van der Waals surface area contributed by atoms with Gasteiger partial charge in [0, 0.05) is 0 Å². The third-order valence-electron chi connectivity index (χ3n) is 1.20. The summed E-state index contributed by atoms with van der Waals surface area (Å²) in [6, 6.07) is -0.495. The van der Waals surface area contributed by atoms with Crippen molar-refractivity contribution in [2.45, 2.75) is 33.2 Å². The molecule has 0 saturated heterocycles. The number of hydrogen-bond acceptors (Lipinski definition) is 1. The van der Waals surface area contributed by atoms with E-state index in [-0.39, 0.29) is 5.78 Å². The maximum Gasteiger partial charge on any atom is 0.112 e. The summed E-state index contributed by atoms with van der Waals surface area (Å²) in [4.78, 5) is 10.5. The van der Waals surface area contributed by atoms with Crippen LogP contribution in [0.1, 0.15) is 27.2 Å². The second-order valence-corrected chi connectivity index (χ2v) is 2.79. The van der Waals surface area contributed by atoms with Crippen molar-refractivity contribution in [3.05, 3.63) is 5.73 Å². The normalized spacial score (nSPS) is 13.9. The van der Waals surface area contributed by atoms with Crippen LogP contribution < -0.4 is 0 Å². The third kappa shape index (κ3) is 4.15. The van der Waals surface area contributed by atoms with E-state index in [1.54, 1.807) is 0 Å². The van der Waals surface area contributed by atoms with Crippen LogP contribution in [0.15, 0.2) is 0 Å². The Morgan fingerprint density at radius 1 is 1.56 bits per heavy atom. The molecular weight excluding hydrogens is 114 g/mol. The molecule has 0 aromatic rings. The van der Waals surface area contributed by atoms with Crippen molar-refractivity contribution in [1.82, 2.24) is 0 Å². The molecule has 0 aromatic carbocycles. The van der Waals surface area contributed by atoms with Gasteiger partial charge in [-0.3, -0.25) is 0 Å². The Morgan fingerprint density at radius 2 is 2.00 bits per heavy atom. The van der Waals surface area contributed by atoms with Crippen molar-refractivity contribution >= 4 is 5.78 Å². The highest BCUT2D eigenvalue weighted by atomic mass is 16.1. The Labute approximate surface area is 56.4 Å². The monoisotopic (exact) mass is 128 g/mol. The van der Waals surface area contributed by atoms with Crippen molar-refractivity contribution in [2.24, 2.45) is 5.92 Å². The third-order valence-corrected chi connectivity index (χ3v) is 1.20. The summed E-state index contributed by atoms with van der Waals surface area (Å²) >= 11 is 0. The molecular formula is C7H14NO-. The molecule has 0 aliphatic rings. The number of ketones is 1. The zero-order valence-corrected chi connectivity index (χ0v) is 6.27. The molecule has 0 bridgehead atoms. The lowest BCUT2D eigenvalue weighted by atomic mass is 10.0. The molecule has 0 radical (unpaired) electrons. The van der Waals surface area contributed by atoms with Gasteiger partial charge in [0.25, 0.3) is 0 Å². The number of rotatable bonds is 3. The Bertz CT molecular complexity index is 99.1. The Hall–Kier alpha value is -0.370. The van der Waals surface area contributed by atoms with E-state index in [4.69, 9.17) is 5.73 Å². The summed E-state index contributed by atoms with van der Waals surface area (Å²) in [7, 11) is 0. The van der Waals surface area contributed by atoms with E-state index in [0.29, 0.717) is 12.3 Å². The smallest absolute Gasteiger partial charge is 0.112 e. The fraction of sp³-hybridized carbons (Fsp3) is 0.857. The van der Waals surface area contributed by atoms with Gasteiger partial charge in [-0.15, -0.1) is 0 Å². The summed E-state index contributed by atoms with van der Waals surface area (Å²) in [5.41, 5.74) is 7.21. The molecule has 0 saturated carbocycles. The second-order valence-electron chi connectivity index (χ2n) is 2.79. The maximum absolute atomic E-state index is 10.5. The first-order valence-corrected chi connectivity index (χ1v) is 3.25. The zero-order chi connectivity index (χ0) is 7.44. The van der Waals surface area contributed by atoms with Crippen LogP contribution in [-0.4, -0.2) is 11.8 Å². The number of nitrogens with one attached hydrogen (secondary N) is 1. The van der Waals surface area contributed by atoms with E-state index in [1.165, 1.54) is 6.92 Å². The Balaban J connectivity index is 3.50. The van der Waals surface area contributed by atoms with E-state index in [9.17, 15) is 4.79 Å². The zero-order valence-electron chi connectivity index (χ0n) is 6.27. The van der Waals surface area contributed by atoms with Crippen LogP contribution in [0.3, 0.4) is 0 Å². The van der Waals surface area contributed by atoms with Gasteiger partial charge >= 0.3 is 0 Å². The molecule has 0 rings (SSSR count). The van der Waals surface area contributed by atoms with E-state index in [1.807, 2.05) is 13.8 Å². The van der Waals surface area contributed by atoms with Gasteiger partial charge in [-0.1, -0.05) is 26.3 Å². The van der Waals surface area contributed by atoms with E-state index >= 15 is 0 Å². The van der Waals surface area contributed by atoms with Crippen LogP contribution in [0.25, 0.3) is 5.73 Å². The predicted molar refractivity (Wildman–Crippen MR) is 38.2 cm³/mol. The Kier molecular flexibility index (Phi) is 3.47. The number of carbonyl (C=O) groups is 1. The van der Waals surface area contributed by atoms with Gasteiger partial charge in [-0.2, -0.15) is 0 Å². The van der Waals surface area contributed by atoms with Gasteiger partial charge in [-0.05, 0) is 12.8 Å². The molecule has 1 atom stereocenters. The lowest BCUT2D eigenvalue weighted by Crippen LogP contribution is -2.14. The second kappa shape index (κ2) is 3.62. The topological polar surface area (TPSA) is 40.9 Å². The van der Waals surface area contributed by atoms with Crippen LogP contribution in [0.5, 0.6) is 0 Å². The molecule has 0 aliphatic carbocycles. The molecule has 9 heavy (non-hydrogen) atoms. The van der Waals surface area contributed by atoms with Crippen LogP contribution in [0.2, 0.25) is 0 Å². The highest BCUT2D eigenvalue weighted by Gasteiger charge is 2.01. The van der Waals surface area contributed by atoms with Crippen LogP contribution >= 0.6 is 0 Å². The first-order chi connectivity index (χ1) is 4.04. The summed E-state index contributed by atoms with van der Waals surface area (Å²) < 4.78 is 0. The minimum absolute atomic E-state index is 0.0244. The molecule has 0 amide bonds. The van der Waals surface area contributed by atoms with Gasteiger partial charge in [0.2, 0.25) is 0 Å². The lowest BCUT2D eigenvalue weighted by Gasteiger charge is -2.17. The molecule has 0 aromatic heterocycles. The van der Waals surface area contributed by atoms with Crippen molar-refractivity contribution < 1.29 is 4.79 Å². The average Bonchev–Trinajstić information content (AvgIpc) is 1.63. The maximum atomic E-state index is 10.5. The van der Waals surface area contributed by atoms with Gasteiger partial charge < -0.3 is 10.5 Å². The molecule has 54 valence electrons. The minimum atomic E-state index is -0.495. The highest BCUT2D eigenvalue weighted by molar-refractivity contribution is 5.82. The summed E-state index contributed by atoms with van der Waals surface area (Å²) in [6.07, 6.45) is 0.690. The first-order valence-electron chi connectivity index (χ1n) is 3.25. The lowest BCUT2D eigenvalue weighted by molar-refractivity contribution is -0.117. The van der Waals surface area contributed by atoms with Crippen LogP contribution in [-0.2, 0) is 4.79 Å². The predicted octanol–water partition coefficient (Wildman–Crippen LogP) is 2.04. The van der Waals surface area contributed by atoms with Crippen LogP contribution in [0.4, 0.5) is 0 Å². The quantitative estimate of drug-likeness (QED) is 0.573. The molecule has 0 spiro atoms. The van der Waals surface area contributed by atoms with Gasteiger partial charge in [-0.25, -0.2) is 0 Å². The first kappa shape index (κ1) is 8.63. The minimum Gasteiger partial charge on any atom is -0.668 e. The Morgan fingerprint density at radius 3 is 2.11 bits per heavy atom. The van der Waals surface area contributed by atoms with E-state index in [2.05, 4.69) is 0 Å². The van der Waals surface area contributed by atoms with Crippen LogP contribution in [0, 0.1) is 5.92 Å². The highest BCUT2D eigenvalue weighted by Crippen LogP contribution is 2.06. The molecule has 2 nitrogen and oxygen atoms in total. The fourth-order valence-corrected chi connectivity index (χ4v) is 0.637. The van der Waals surface area contributed by atoms with Crippen molar-refractivity contribution in [3.63, 3.8) is 0 Å². The van der Waals surface area contributed by atoms with E-state index in [0.717, 1.165) is 0 Å². The molecule has 0 heterocycles. The van der Waals surface area contributed by atoms with Crippen molar-refractivity contribution in [2.75, 3.05) is 0 Å². The summed E-state index contributed by atoms with van der Waals surface area (Å²) in [5.74, 6) is 0.431. The van der Waals surface area contributed by atoms with Crippen molar-refractivity contribution in [1.29, 1.82) is 0 Å². The molecule has 0 fully saturated rings. The summed E-state index contributed by atoms with van der Waals surface area (Å²) in [6.45, 7) is 5.51. The summed E-state index contributed by atoms with van der Waals surface area (Å²) in [5, 5.41) is 0. The van der Waals surface area contributed by atoms with E-state index < -0.39 is 6.04 Å². The number of hydrogen-bond donors (Lipinski definition) is 0. The molecule has 1 N–H and O–H groups in total. The number of Topliss-reactive ketones (excluding diaryl/α,β-unsaturated/α-hetero) is 1. The van der Waals surface area contributed by atoms with Crippen molar-refractivity contribution in [3.8, 4) is 0 Å². The largest absolute Gasteiger partial charge is 0.668 e. The molecule has 1 unspecified atom stereocenters. The standard InChI is InChI=1S/C7H14NO/c1-5(2)4-7(8)6(3)9/h5,7-8H,4H2,1-3H3/q-1. The SMILES string of the molecule is CC(=O)C([NH-])CC(C)C. The average molecular weight is 128 g/mol. The number of carbonyl (C=O) groups excluding carboxylic acids is 1. The fourth-order valence-electron chi connectivity index (χ4n) is 0.637. The van der Waals surface area contributed by atoms with Gasteiger partial charge in [0.05, 0.1) is 0 Å². The van der Waals surface area contributed by atoms with Gasteiger partial charge in [0.1, 0.15) is 5.78 Å².